The molecule has 0 aliphatic rings. The van der Waals surface area contributed by atoms with E-state index in [9.17, 15) is 14.7 Å². The molecule has 0 spiro atoms. The van der Waals surface area contributed by atoms with Gasteiger partial charge in [-0.15, -0.1) is 0 Å². The van der Waals surface area contributed by atoms with Crippen molar-refractivity contribution in [3.05, 3.63) is 83.8 Å². The highest BCUT2D eigenvalue weighted by Gasteiger charge is 2.20. The number of aromatic nitrogens is 2. The summed E-state index contributed by atoms with van der Waals surface area (Å²) in [6, 6.07) is 15.4. The number of carbonyl (C=O) groups excluding carboxylic acids is 1. The van der Waals surface area contributed by atoms with Crippen molar-refractivity contribution in [1.29, 1.82) is 0 Å². The molecular formula is C24H26N4O4. The first-order chi connectivity index (χ1) is 15.5. The van der Waals surface area contributed by atoms with Crippen LogP contribution in [-0.2, 0) is 28.9 Å². The summed E-state index contributed by atoms with van der Waals surface area (Å²) in [5, 5.41) is 15.1. The van der Waals surface area contributed by atoms with Gasteiger partial charge < -0.3 is 20.5 Å². The Balaban J connectivity index is 1.49. The van der Waals surface area contributed by atoms with Crippen molar-refractivity contribution < 1.29 is 19.4 Å². The lowest BCUT2D eigenvalue weighted by atomic mass is 10.1. The van der Waals surface area contributed by atoms with E-state index in [1.807, 2.05) is 25.2 Å². The van der Waals surface area contributed by atoms with Gasteiger partial charge >= 0.3 is 5.97 Å². The van der Waals surface area contributed by atoms with Gasteiger partial charge in [0.2, 0.25) is 5.91 Å². The van der Waals surface area contributed by atoms with E-state index < -0.39 is 12.0 Å². The Morgan fingerprint density at radius 1 is 1.03 bits per heavy atom. The quantitative estimate of drug-likeness (QED) is 0.425. The number of rotatable bonds is 11. The monoisotopic (exact) mass is 434 g/mol. The van der Waals surface area contributed by atoms with E-state index in [4.69, 9.17) is 4.74 Å². The molecule has 1 atom stereocenters. The highest BCUT2D eigenvalue weighted by Crippen LogP contribution is 2.15. The predicted molar refractivity (Wildman–Crippen MR) is 121 cm³/mol. The van der Waals surface area contributed by atoms with Crippen LogP contribution in [0.1, 0.15) is 16.8 Å². The smallest absolute Gasteiger partial charge is 0.326 e. The average Bonchev–Trinajstić information content (AvgIpc) is 2.80. The summed E-state index contributed by atoms with van der Waals surface area (Å²) in [4.78, 5) is 32.2. The van der Waals surface area contributed by atoms with Crippen LogP contribution in [0.3, 0.4) is 0 Å². The lowest BCUT2D eigenvalue weighted by Gasteiger charge is -2.15. The fraction of sp³-hybridized carbons (Fsp3) is 0.250. The summed E-state index contributed by atoms with van der Waals surface area (Å²) in [6.07, 6.45) is 4.14. The van der Waals surface area contributed by atoms with Crippen LogP contribution in [0.2, 0.25) is 0 Å². The Hall–Kier alpha value is -3.94. The molecule has 3 rings (SSSR count). The number of nitrogens with one attached hydrogen (secondary N) is 2. The Bertz CT molecular complexity index is 1030. The molecular weight excluding hydrogens is 408 g/mol. The Labute approximate surface area is 186 Å². The maximum Gasteiger partial charge on any atom is 0.326 e. The number of benzene rings is 1. The topological polar surface area (TPSA) is 113 Å². The highest BCUT2D eigenvalue weighted by molar-refractivity contribution is 5.85. The van der Waals surface area contributed by atoms with Gasteiger partial charge in [-0.1, -0.05) is 18.2 Å². The number of anilines is 1. The molecule has 0 fully saturated rings. The van der Waals surface area contributed by atoms with E-state index in [1.54, 1.807) is 48.8 Å². The van der Waals surface area contributed by atoms with Gasteiger partial charge in [-0.3, -0.25) is 9.78 Å². The summed E-state index contributed by atoms with van der Waals surface area (Å²) >= 11 is 0. The zero-order chi connectivity index (χ0) is 22.8. The maximum atomic E-state index is 12.2. The second-order valence-electron chi connectivity index (χ2n) is 7.20. The summed E-state index contributed by atoms with van der Waals surface area (Å²) < 4.78 is 5.77. The van der Waals surface area contributed by atoms with Gasteiger partial charge in [-0.05, 0) is 47.5 Å². The van der Waals surface area contributed by atoms with Gasteiger partial charge in [0.15, 0.2) is 0 Å². The number of hydrogen-bond donors (Lipinski definition) is 3. The normalized spacial score (nSPS) is 11.4. The molecule has 3 N–H and O–H groups in total. The number of ether oxygens (including phenoxy) is 1. The van der Waals surface area contributed by atoms with Crippen LogP contribution in [0.25, 0.3) is 0 Å². The number of amides is 1. The molecule has 0 bridgehead atoms. The van der Waals surface area contributed by atoms with Crippen molar-refractivity contribution >= 4 is 17.7 Å². The Morgan fingerprint density at radius 3 is 2.47 bits per heavy atom. The Morgan fingerprint density at radius 2 is 1.78 bits per heavy atom. The van der Waals surface area contributed by atoms with Crippen LogP contribution in [0, 0.1) is 0 Å². The summed E-state index contributed by atoms with van der Waals surface area (Å²) in [5.41, 5.74) is 2.49. The number of hydrogen-bond acceptors (Lipinski definition) is 6. The molecule has 0 radical (unpaired) electrons. The zero-order valence-electron chi connectivity index (χ0n) is 17.8. The zero-order valence-corrected chi connectivity index (χ0v) is 17.8. The molecule has 0 saturated carbocycles. The molecule has 1 amide bonds. The van der Waals surface area contributed by atoms with E-state index in [0.717, 1.165) is 22.6 Å². The minimum absolute atomic E-state index is 0.102. The maximum absolute atomic E-state index is 12.2. The Kier molecular flexibility index (Phi) is 8.14. The fourth-order valence-corrected chi connectivity index (χ4v) is 3.12. The van der Waals surface area contributed by atoms with Gasteiger partial charge in [-0.2, -0.15) is 0 Å². The molecule has 0 saturated heterocycles. The third-order valence-electron chi connectivity index (χ3n) is 4.80. The average molecular weight is 434 g/mol. The standard InChI is InChI=1S/C24H26N4O4/c1-25-22-4-2-3-19(27-22)11-14-32-20-7-5-17(6-8-20)15-21(24(30)31)28-23(29)16-18-9-12-26-13-10-18/h2-10,12-13,21H,11,14-16H2,1H3,(H,25,27)(H,28,29)(H,30,31)/t21-/m0/s1. The van der Waals surface area contributed by atoms with Gasteiger partial charge in [0, 0.05) is 38.0 Å². The first-order valence-corrected chi connectivity index (χ1v) is 10.3. The van der Waals surface area contributed by atoms with Crippen LogP contribution < -0.4 is 15.4 Å². The predicted octanol–water partition coefficient (Wildman–Crippen LogP) is 2.49. The van der Waals surface area contributed by atoms with Crippen LogP contribution in [-0.4, -0.2) is 46.6 Å². The number of carbonyl (C=O) groups is 2. The molecule has 2 aromatic heterocycles. The first kappa shape index (κ1) is 22.7. The molecule has 32 heavy (non-hydrogen) atoms. The molecule has 2 heterocycles. The lowest BCUT2D eigenvalue weighted by Crippen LogP contribution is -2.43. The minimum atomic E-state index is -1.08. The summed E-state index contributed by atoms with van der Waals surface area (Å²) in [5.74, 6) is 0.0732. The third kappa shape index (κ3) is 7.09. The van der Waals surface area contributed by atoms with Crippen molar-refractivity contribution in [2.45, 2.75) is 25.3 Å². The number of pyridine rings is 2. The van der Waals surface area contributed by atoms with Crippen molar-refractivity contribution in [2.75, 3.05) is 19.0 Å². The molecule has 3 aromatic rings. The van der Waals surface area contributed by atoms with E-state index >= 15 is 0 Å². The second-order valence-corrected chi connectivity index (χ2v) is 7.20. The minimum Gasteiger partial charge on any atom is -0.493 e. The van der Waals surface area contributed by atoms with E-state index in [-0.39, 0.29) is 18.7 Å². The molecule has 8 heteroatoms. The number of carboxylic acid groups (broad SMARTS) is 1. The van der Waals surface area contributed by atoms with E-state index in [1.165, 1.54) is 0 Å². The van der Waals surface area contributed by atoms with Crippen LogP contribution in [0.15, 0.2) is 67.0 Å². The van der Waals surface area contributed by atoms with Crippen molar-refractivity contribution in [1.82, 2.24) is 15.3 Å². The molecule has 0 aliphatic carbocycles. The third-order valence-corrected chi connectivity index (χ3v) is 4.80. The molecule has 0 unspecified atom stereocenters. The first-order valence-electron chi connectivity index (χ1n) is 10.3. The van der Waals surface area contributed by atoms with Crippen molar-refractivity contribution in [3.8, 4) is 5.75 Å². The van der Waals surface area contributed by atoms with Gasteiger partial charge in [0.05, 0.1) is 13.0 Å². The largest absolute Gasteiger partial charge is 0.493 e. The van der Waals surface area contributed by atoms with E-state index in [2.05, 4.69) is 20.6 Å². The van der Waals surface area contributed by atoms with Gasteiger partial charge in [0.1, 0.15) is 17.6 Å². The number of carboxylic acids is 1. The fourth-order valence-electron chi connectivity index (χ4n) is 3.12. The van der Waals surface area contributed by atoms with Crippen LogP contribution >= 0.6 is 0 Å². The summed E-state index contributed by atoms with van der Waals surface area (Å²) in [7, 11) is 1.82. The second kappa shape index (κ2) is 11.5. The van der Waals surface area contributed by atoms with Gasteiger partial charge in [-0.25, -0.2) is 9.78 Å². The SMILES string of the molecule is CNc1cccc(CCOc2ccc(C[C@H](NC(=O)Cc3ccncc3)C(=O)O)cc2)n1. The molecule has 1 aromatic carbocycles. The van der Waals surface area contributed by atoms with E-state index in [0.29, 0.717) is 18.8 Å². The molecule has 166 valence electrons. The van der Waals surface area contributed by atoms with Gasteiger partial charge in [0.25, 0.3) is 0 Å². The molecule has 0 aliphatic heterocycles. The van der Waals surface area contributed by atoms with Crippen molar-refractivity contribution in [3.63, 3.8) is 0 Å². The van der Waals surface area contributed by atoms with Crippen LogP contribution in [0.4, 0.5) is 5.82 Å². The molecule has 8 nitrogen and oxygen atoms in total. The highest BCUT2D eigenvalue weighted by atomic mass is 16.5. The van der Waals surface area contributed by atoms with Crippen LogP contribution in [0.5, 0.6) is 5.75 Å². The lowest BCUT2D eigenvalue weighted by molar-refractivity contribution is -0.141. The van der Waals surface area contributed by atoms with Crippen molar-refractivity contribution in [2.24, 2.45) is 0 Å². The number of nitrogens with zero attached hydrogens (tertiary/aromatic N) is 2. The summed E-state index contributed by atoms with van der Waals surface area (Å²) in [6.45, 7) is 0.475. The number of aliphatic carboxylic acids is 1.